The molecule has 0 saturated carbocycles. The number of hydrogen-bond donors (Lipinski definition) is 2. The van der Waals surface area contributed by atoms with Crippen LogP contribution in [0.2, 0.25) is 10.0 Å². The minimum atomic E-state index is -0.579. The van der Waals surface area contributed by atoms with Crippen LogP contribution in [-0.4, -0.2) is 21.5 Å². The number of halogens is 2. The molecule has 0 radical (unpaired) electrons. The van der Waals surface area contributed by atoms with Crippen LogP contribution < -0.4 is 0 Å². The summed E-state index contributed by atoms with van der Waals surface area (Å²) in [5.74, 6) is -0.944. The number of fused-ring (bicyclic) bond motifs is 1. The Kier molecular flexibility index (Phi) is 2.61. The summed E-state index contributed by atoms with van der Waals surface area (Å²) in [5.41, 5.74) is -0.124. The average molecular weight is 258 g/mol. The Labute approximate surface area is 100 Å². The maximum atomic E-state index is 10.6. The first-order valence-corrected chi connectivity index (χ1v) is 4.96. The molecule has 6 heteroatoms. The van der Waals surface area contributed by atoms with E-state index >= 15 is 0 Å². The Morgan fingerprint density at radius 2 is 1.94 bits per heavy atom. The van der Waals surface area contributed by atoms with Gasteiger partial charge in [0.05, 0.1) is 15.6 Å². The first-order chi connectivity index (χ1) is 7.56. The molecule has 2 aromatic rings. The predicted octanol–water partition coefficient (Wildman–Crippen LogP) is 2.77. The van der Waals surface area contributed by atoms with Crippen molar-refractivity contribution in [2.24, 2.45) is 0 Å². The summed E-state index contributed by atoms with van der Waals surface area (Å²) in [7, 11) is 0. The molecule has 1 heterocycles. The lowest BCUT2D eigenvalue weighted by Crippen LogP contribution is -1.90. The van der Waals surface area contributed by atoms with Crippen molar-refractivity contribution >= 4 is 40.4 Å². The van der Waals surface area contributed by atoms with Crippen LogP contribution in [0.3, 0.4) is 0 Å². The number of nitrogens with zero attached hydrogens (tertiary/aromatic N) is 1. The van der Waals surface area contributed by atoms with E-state index in [1.165, 1.54) is 12.1 Å². The van der Waals surface area contributed by atoms with Gasteiger partial charge >= 0.3 is 0 Å². The van der Waals surface area contributed by atoms with Crippen LogP contribution in [-0.2, 0) is 0 Å². The Morgan fingerprint density at radius 3 is 2.56 bits per heavy atom. The highest BCUT2D eigenvalue weighted by Crippen LogP contribution is 2.37. The molecule has 82 valence electrons. The van der Waals surface area contributed by atoms with Gasteiger partial charge in [-0.3, -0.25) is 4.79 Å². The highest BCUT2D eigenvalue weighted by molar-refractivity contribution is 6.45. The normalized spacial score (nSPS) is 10.6. The number of aldehydes is 1. The molecule has 0 aliphatic heterocycles. The van der Waals surface area contributed by atoms with Crippen molar-refractivity contribution in [3.05, 3.63) is 27.7 Å². The lowest BCUT2D eigenvalue weighted by Gasteiger charge is -2.07. The van der Waals surface area contributed by atoms with Gasteiger partial charge in [0.1, 0.15) is 11.3 Å². The fourth-order valence-electron chi connectivity index (χ4n) is 1.37. The summed E-state index contributed by atoms with van der Waals surface area (Å²) in [4.78, 5) is 14.3. The van der Waals surface area contributed by atoms with Gasteiger partial charge in [-0.25, -0.2) is 4.98 Å². The van der Waals surface area contributed by atoms with Gasteiger partial charge < -0.3 is 10.2 Å². The third kappa shape index (κ3) is 1.47. The van der Waals surface area contributed by atoms with E-state index in [1.807, 2.05) is 0 Å². The van der Waals surface area contributed by atoms with E-state index in [9.17, 15) is 15.0 Å². The quantitative estimate of drug-likeness (QED) is 0.771. The molecule has 0 aliphatic carbocycles. The molecule has 4 nitrogen and oxygen atoms in total. The van der Waals surface area contributed by atoms with Crippen LogP contribution in [0.4, 0.5) is 0 Å². The summed E-state index contributed by atoms with van der Waals surface area (Å²) < 4.78 is 0. The zero-order valence-corrected chi connectivity index (χ0v) is 9.25. The maximum absolute atomic E-state index is 10.6. The van der Waals surface area contributed by atoms with Crippen LogP contribution in [0.1, 0.15) is 10.4 Å². The number of carbonyl (C=O) groups is 1. The average Bonchev–Trinajstić information content (AvgIpc) is 2.25. The van der Waals surface area contributed by atoms with Crippen molar-refractivity contribution in [1.82, 2.24) is 4.98 Å². The third-order valence-corrected chi connectivity index (χ3v) is 2.95. The molecule has 0 spiro atoms. The predicted molar refractivity (Wildman–Crippen MR) is 60.5 cm³/mol. The molecular formula is C10H5Cl2NO3. The number of pyridine rings is 1. The number of aromatic nitrogens is 1. The Hall–Kier alpha value is -1.52. The molecule has 0 aliphatic rings. The fraction of sp³-hybridized carbons (Fsp3) is 0. The second-order valence-electron chi connectivity index (χ2n) is 3.07. The van der Waals surface area contributed by atoms with Gasteiger partial charge in [-0.2, -0.15) is 0 Å². The van der Waals surface area contributed by atoms with Crippen LogP contribution in [0.25, 0.3) is 10.9 Å². The second kappa shape index (κ2) is 3.81. The first kappa shape index (κ1) is 11.0. The highest BCUT2D eigenvalue weighted by atomic mass is 35.5. The van der Waals surface area contributed by atoms with E-state index in [0.29, 0.717) is 6.29 Å². The second-order valence-corrected chi connectivity index (χ2v) is 3.86. The monoisotopic (exact) mass is 257 g/mol. The molecule has 0 saturated heterocycles. The molecule has 2 rings (SSSR count). The molecule has 0 bridgehead atoms. The number of benzene rings is 1. The number of carbonyl (C=O) groups excluding carboxylic acids is 1. The summed E-state index contributed by atoms with van der Waals surface area (Å²) in [6, 6.07) is 2.94. The van der Waals surface area contributed by atoms with Crippen molar-refractivity contribution in [3.63, 3.8) is 0 Å². The van der Waals surface area contributed by atoms with Gasteiger partial charge in [0, 0.05) is 5.39 Å². The minimum absolute atomic E-state index is 0.113. The summed E-state index contributed by atoms with van der Waals surface area (Å²) >= 11 is 11.6. The van der Waals surface area contributed by atoms with E-state index in [0.717, 1.165) is 0 Å². The number of rotatable bonds is 1. The van der Waals surface area contributed by atoms with Gasteiger partial charge in [-0.05, 0) is 12.1 Å². The zero-order chi connectivity index (χ0) is 11.9. The van der Waals surface area contributed by atoms with E-state index < -0.39 is 5.88 Å². The van der Waals surface area contributed by atoms with E-state index in [-0.39, 0.29) is 32.3 Å². The Morgan fingerprint density at radius 1 is 1.25 bits per heavy atom. The van der Waals surface area contributed by atoms with Crippen molar-refractivity contribution in [1.29, 1.82) is 0 Å². The molecule has 0 atom stereocenters. The maximum Gasteiger partial charge on any atom is 0.226 e. The van der Waals surface area contributed by atoms with Crippen molar-refractivity contribution in [3.8, 4) is 11.6 Å². The van der Waals surface area contributed by atoms with Crippen LogP contribution >= 0.6 is 23.2 Å². The zero-order valence-electron chi connectivity index (χ0n) is 7.74. The fourth-order valence-corrected chi connectivity index (χ4v) is 1.73. The topological polar surface area (TPSA) is 70.4 Å². The smallest absolute Gasteiger partial charge is 0.226 e. The van der Waals surface area contributed by atoms with Gasteiger partial charge in [0.15, 0.2) is 6.29 Å². The molecular weight excluding hydrogens is 253 g/mol. The molecule has 0 fully saturated rings. The Bertz CT molecular complexity index is 598. The Balaban J connectivity index is 2.98. The standard InChI is InChI=1S/C10H5Cl2NO3/c11-6-2-1-4-8(7(6)12)13-10(16)5(3-14)9(4)15/h1-3H,(H2,13,15,16). The molecule has 16 heavy (non-hydrogen) atoms. The lowest BCUT2D eigenvalue weighted by atomic mass is 10.1. The number of aromatic hydroxyl groups is 2. The first-order valence-electron chi connectivity index (χ1n) is 4.21. The van der Waals surface area contributed by atoms with Crippen LogP contribution in [0, 0.1) is 0 Å². The van der Waals surface area contributed by atoms with Crippen molar-refractivity contribution in [2.75, 3.05) is 0 Å². The van der Waals surface area contributed by atoms with Crippen molar-refractivity contribution < 1.29 is 15.0 Å². The van der Waals surface area contributed by atoms with Crippen LogP contribution in [0.15, 0.2) is 12.1 Å². The van der Waals surface area contributed by atoms with Gasteiger partial charge in [-0.1, -0.05) is 23.2 Å². The molecule has 1 aromatic carbocycles. The van der Waals surface area contributed by atoms with E-state index in [1.54, 1.807) is 0 Å². The largest absolute Gasteiger partial charge is 0.506 e. The van der Waals surface area contributed by atoms with Gasteiger partial charge in [0.25, 0.3) is 0 Å². The molecule has 0 unspecified atom stereocenters. The van der Waals surface area contributed by atoms with E-state index in [2.05, 4.69) is 4.98 Å². The van der Waals surface area contributed by atoms with Crippen molar-refractivity contribution in [2.45, 2.75) is 0 Å². The highest BCUT2D eigenvalue weighted by Gasteiger charge is 2.16. The summed E-state index contributed by atoms with van der Waals surface area (Å²) in [6.45, 7) is 0. The van der Waals surface area contributed by atoms with E-state index in [4.69, 9.17) is 23.2 Å². The molecule has 2 N–H and O–H groups in total. The summed E-state index contributed by atoms with van der Waals surface area (Å²) in [6.07, 6.45) is 0.319. The van der Waals surface area contributed by atoms with Gasteiger partial charge in [-0.15, -0.1) is 0 Å². The molecule has 0 amide bonds. The van der Waals surface area contributed by atoms with Crippen LogP contribution in [0.5, 0.6) is 11.6 Å². The minimum Gasteiger partial charge on any atom is -0.506 e. The number of hydrogen-bond acceptors (Lipinski definition) is 4. The summed E-state index contributed by atoms with van der Waals surface area (Å²) in [5, 5.41) is 19.7. The van der Waals surface area contributed by atoms with Gasteiger partial charge in [0.2, 0.25) is 5.88 Å². The molecule has 1 aromatic heterocycles. The SMILES string of the molecule is O=Cc1c(O)nc2c(Cl)c(Cl)ccc2c1O. The lowest BCUT2D eigenvalue weighted by molar-refractivity contribution is 0.111. The third-order valence-electron chi connectivity index (χ3n) is 2.16.